The second kappa shape index (κ2) is 9.40. The summed E-state index contributed by atoms with van der Waals surface area (Å²) in [6.07, 6.45) is 6.88. The van der Waals surface area contributed by atoms with Crippen molar-refractivity contribution < 1.29 is 9.53 Å². The number of aromatic nitrogens is 1. The summed E-state index contributed by atoms with van der Waals surface area (Å²) in [4.78, 5) is 19.8. The summed E-state index contributed by atoms with van der Waals surface area (Å²) in [5.41, 5.74) is 1.86. The van der Waals surface area contributed by atoms with E-state index in [0.717, 1.165) is 38.1 Å². The molecule has 1 aromatic heterocycles. The van der Waals surface area contributed by atoms with Gasteiger partial charge in [-0.2, -0.15) is 0 Å². The monoisotopic (exact) mass is 428 g/mol. The number of nitrogens with zero attached hydrogens (tertiary/aromatic N) is 2. The molecule has 3 aliphatic heterocycles. The summed E-state index contributed by atoms with van der Waals surface area (Å²) in [6.45, 7) is 2.20. The molecule has 2 amide bonds. The Labute approximate surface area is 188 Å². The third-order valence-electron chi connectivity index (χ3n) is 6.54. The first-order valence-electron chi connectivity index (χ1n) is 11.3. The van der Waals surface area contributed by atoms with Gasteiger partial charge in [0.1, 0.15) is 5.75 Å². The molecular formula is C26H28N4O2. The molecule has 6 heteroatoms. The molecule has 3 aliphatic rings. The molecule has 32 heavy (non-hydrogen) atoms. The van der Waals surface area contributed by atoms with Crippen molar-refractivity contribution in [3.63, 3.8) is 0 Å². The summed E-state index contributed by atoms with van der Waals surface area (Å²) in [5, 5.41) is 6.31. The van der Waals surface area contributed by atoms with Crippen LogP contribution in [0.4, 0.5) is 10.5 Å². The fraction of sp³-hybridized carbons (Fsp3) is 0.308. The molecule has 0 spiro atoms. The Kier molecular flexibility index (Phi) is 6.03. The van der Waals surface area contributed by atoms with Gasteiger partial charge in [0.15, 0.2) is 5.75 Å². The maximum absolute atomic E-state index is 13.1. The lowest BCUT2D eigenvalue weighted by Crippen LogP contribution is -2.64. The van der Waals surface area contributed by atoms with Crippen LogP contribution in [-0.2, 0) is 6.42 Å². The first-order valence-corrected chi connectivity index (χ1v) is 11.3. The molecule has 3 fully saturated rings. The molecule has 6 rings (SSSR count). The quantitative estimate of drug-likeness (QED) is 0.597. The predicted octanol–water partition coefficient (Wildman–Crippen LogP) is 4.70. The minimum absolute atomic E-state index is 0.111. The lowest BCUT2D eigenvalue weighted by molar-refractivity contribution is 0.0184. The second-order valence-corrected chi connectivity index (χ2v) is 8.54. The number of rotatable bonds is 6. The van der Waals surface area contributed by atoms with E-state index < -0.39 is 0 Å². The van der Waals surface area contributed by atoms with Crippen molar-refractivity contribution in [3.05, 3.63) is 84.7 Å². The smallest absolute Gasteiger partial charge is 0.319 e. The fourth-order valence-electron chi connectivity index (χ4n) is 4.97. The van der Waals surface area contributed by atoms with Gasteiger partial charge in [-0.25, -0.2) is 4.79 Å². The number of carbonyl (C=O) groups is 1. The normalized spacial score (nSPS) is 24.0. The molecule has 2 aromatic carbocycles. The van der Waals surface area contributed by atoms with E-state index in [1.165, 1.54) is 5.56 Å². The number of pyridine rings is 1. The molecule has 0 radical (unpaired) electrons. The Morgan fingerprint density at radius 1 is 1.00 bits per heavy atom. The number of benzene rings is 2. The highest BCUT2D eigenvalue weighted by atomic mass is 16.5. The Balaban J connectivity index is 1.29. The minimum atomic E-state index is -0.191. The van der Waals surface area contributed by atoms with E-state index in [4.69, 9.17) is 4.74 Å². The zero-order chi connectivity index (χ0) is 21.8. The number of hydrogen-bond acceptors (Lipinski definition) is 4. The standard InChI is InChI=1S/C26H28N4O2/c31-26(28-22-10-4-5-11-24(22)32-21-8-2-1-3-9-21)29-25-20-12-15-30(16-13-20)23(25)17-19-7-6-14-27-18-19/h1-11,14,18,20,23,25H,12-13,15-17H2,(H2,28,29,31)/t23-,25+/m0/s1. The van der Waals surface area contributed by atoms with Crippen LogP contribution in [0.15, 0.2) is 79.1 Å². The Morgan fingerprint density at radius 3 is 2.56 bits per heavy atom. The van der Waals surface area contributed by atoms with Crippen molar-refractivity contribution in [3.8, 4) is 11.5 Å². The van der Waals surface area contributed by atoms with Crippen molar-refractivity contribution in [1.82, 2.24) is 15.2 Å². The second-order valence-electron chi connectivity index (χ2n) is 8.54. The number of anilines is 1. The highest BCUT2D eigenvalue weighted by Crippen LogP contribution is 2.34. The van der Waals surface area contributed by atoms with Gasteiger partial charge in [0.05, 0.1) is 5.69 Å². The molecule has 0 saturated carbocycles. The molecule has 0 aliphatic carbocycles. The van der Waals surface area contributed by atoms with Gasteiger partial charge in [-0.3, -0.25) is 9.88 Å². The molecular weight excluding hydrogens is 400 g/mol. The number of piperidine rings is 3. The summed E-state index contributed by atoms with van der Waals surface area (Å²) >= 11 is 0. The average Bonchev–Trinajstić information content (AvgIpc) is 2.84. The van der Waals surface area contributed by atoms with E-state index in [1.807, 2.05) is 66.9 Å². The minimum Gasteiger partial charge on any atom is -0.455 e. The van der Waals surface area contributed by atoms with Crippen LogP contribution in [0.5, 0.6) is 11.5 Å². The zero-order valence-corrected chi connectivity index (χ0v) is 18.0. The van der Waals surface area contributed by atoms with Crippen LogP contribution in [-0.4, -0.2) is 41.1 Å². The number of para-hydroxylation sites is 3. The van der Waals surface area contributed by atoms with Gasteiger partial charge in [0, 0.05) is 24.5 Å². The van der Waals surface area contributed by atoms with Crippen molar-refractivity contribution in [2.24, 2.45) is 5.92 Å². The molecule has 3 aromatic rings. The zero-order valence-electron chi connectivity index (χ0n) is 18.0. The Bertz CT molecular complexity index is 1040. The van der Waals surface area contributed by atoms with Crippen LogP contribution in [0.25, 0.3) is 0 Å². The lowest BCUT2D eigenvalue weighted by Gasteiger charge is -2.51. The van der Waals surface area contributed by atoms with E-state index in [-0.39, 0.29) is 18.1 Å². The van der Waals surface area contributed by atoms with Crippen LogP contribution in [0.3, 0.4) is 0 Å². The average molecular weight is 429 g/mol. The molecule has 3 saturated heterocycles. The number of fused-ring (bicyclic) bond motifs is 3. The number of ether oxygens (including phenoxy) is 1. The van der Waals surface area contributed by atoms with Crippen LogP contribution < -0.4 is 15.4 Å². The molecule has 0 unspecified atom stereocenters. The van der Waals surface area contributed by atoms with Crippen LogP contribution in [0.2, 0.25) is 0 Å². The third kappa shape index (κ3) is 4.60. The summed E-state index contributed by atoms with van der Waals surface area (Å²) in [7, 11) is 0. The van der Waals surface area contributed by atoms with Crippen molar-refractivity contribution >= 4 is 11.7 Å². The van der Waals surface area contributed by atoms with E-state index in [9.17, 15) is 4.79 Å². The Hall–Kier alpha value is -3.38. The highest BCUT2D eigenvalue weighted by Gasteiger charge is 2.42. The van der Waals surface area contributed by atoms with E-state index >= 15 is 0 Å². The van der Waals surface area contributed by atoms with Gasteiger partial charge in [-0.15, -0.1) is 0 Å². The highest BCUT2D eigenvalue weighted by molar-refractivity contribution is 5.91. The molecule has 164 valence electrons. The van der Waals surface area contributed by atoms with Crippen LogP contribution >= 0.6 is 0 Å². The van der Waals surface area contributed by atoms with Crippen molar-refractivity contribution in [2.45, 2.75) is 31.3 Å². The van der Waals surface area contributed by atoms with E-state index in [0.29, 0.717) is 17.4 Å². The van der Waals surface area contributed by atoms with Gasteiger partial charge in [-0.05, 0) is 74.2 Å². The summed E-state index contributed by atoms with van der Waals surface area (Å²) in [6, 6.07) is 21.4. The lowest BCUT2D eigenvalue weighted by atomic mass is 9.77. The van der Waals surface area contributed by atoms with E-state index in [2.05, 4.69) is 26.6 Å². The van der Waals surface area contributed by atoms with Gasteiger partial charge in [0.2, 0.25) is 0 Å². The molecule has 4 heterocycles. The van der Waals surface area contributed by atoms with Crippen LogP contribution in [0.1, 0.15) is 18.4 Å². The first-order chi connectivity index (χ1) is 15.8. The number of urea groups is 1. The Morgan fingerprint density at radius 2 is 1.78 bits per heavy atom. The van der Waals surface area contributed by atoms with Gasteiger partial charge in [0.25, 0.3) is 0 Å². The largest absolute Gasteiger partial charge is 0.455 e. The number of nitrogens with one attached hydrogen (secondary N) is 2. The number of carbonyl (C=O) groups excluding carboxylic acids is 1. The maximum Gasteiger partial charge on any atom is 0.319 e. The third-order valence-corrected chi connectivity index (χ3v) is 6.54. The number of amides is 2. The molecule has 2 atom stereocenters. The summed E-state index contributed by atoms with van der Waals surface area (Å²) < 4.78 is 5.99. The summed E-state index contributed by atoms with van der Waals surface area (Å²) in [5.74, 6) is 1.86. The van der Waals surface area contributed by atoms with Crippen LogP contribution in [0, 0.1) is 5.92 Å². The van der Waals surface area contributed by atoms with Gasteiger partial charge >= 0.3 is 6.03 Å². The molecule has 2 N–H and O–H groups in total. The SMILES string of the molecule is O=C(Nc1ccccc1Oc1ccccc1)N[C@@H]1C2CCN(CC2)[C@H]1Cc1cccnc1. The first kappa shape index (κ1) is 20.5. The van der Waals surface area contributed by atoms with Gasteiger partial charge < -0.3 is 15.4 Å². The molecule has 6 nitrogen and oxygen atoms in total. The predicted molar refractivity (Wildman–Crippen MR) is 125 cm³/mol. The topological polar surface area (TPSA) is 66.5 Å². The van der Waals surface area contributed by atoms with E-state index in [1.54, 1.807) is 6.20 Å². The van der Waals surface area contributed by atoms with Crippen molar-refractivity contribution in [2.75, 3.05) is 18.4 Å². The fourth-order valence-corrected chi connectivity index (χ4v) is 4.97. The number of hydrogen-bond donors (Lipinski definition) is 2. The van der Waals surface area contributed by atoms with Crippen molar-refractivity contribution in [1.29, 1.82) is 0 Å². The molecule has 2 bridgehead atoms. The van der Waals surface area contributed by atoms with Gasteiger partial charge in [-0.1, -0.05) is 36.4 Å². The maximum atomic E-state index is 13.1.